The number of hydrogen-bond donors (Lipinski definition) is 2. The summed E-state index contributed by atoms with van der Waals surface area (Å²) in [6.07, 6.45) is -4.80. The lowest BCUT2D eigenvalue weighted by molar-refractivity contribution is -0.137. The van der Waals surface area contributed by atoms with Crippen molar-refractivity contribution >= 4 is 5.69 Å². The van der Waals surface area contributed by atoms with E-state index in [2.05, 4.69) is 5.32 Å². The molecule has 0 amide bonds. The van der Waals surface area contributed by atoms with Crippen LogP contribution in [0.15, 0.2) is 48.5 Å². The van der Waals surface area contributed by atoms with Gasteiger partial charge in [0.1, 0.15) is 0 Å². The van der Waals surface area contributed by atoms with Gasteiger partial charge in [-0.05, 0) is 35.7 Å². The van der Waals surface area contributed by atoms with Crippen molar-refractivity contribution in [3.8, 4) is 0 Å². The molecule has 0 aliphatic carbocycles. The van der Waals surface area contributed by atoms with E-state index in [0.29, 0.717) is 6.42 Å². The normalized spacial score (nSPS) is 19.0. The maximum Gasteiger partial charge on any atom is 0.416 e. The highest BCUT2D eigenvalue weighted by atomic mass is 19.4. The number of alkyl halides is 3. The molecule has 0 fully saturated rings. The van der Waals surface area contributed by atoms with Gasteiger partial charge < -0.3 is 10.4 Å². The molecule has 0 saturated heterocycles. The van der Waals surface area contributed by atoms with E-state index < -0.39 is 17.8 Å². The smallest absolute Gasteiger partial charge is 0.386 e. The molecule has 1 aliphatic heterocycles. The van der Waals surface area contributed by atoms with Crippen LogP contribution >= 0.6 is 0 Å². The Bertz CT molecular complexity index is 629. The summed E-state index contributed by atoms with van der Waals surface area (Å²) in [4.78, 5) is 0. The van der Waals surface area contributed by atoms with Crippen LogP contribution in [0.2, 0.25) is 0 Å². The Morgan fingerprint density at radius 3 is 2.57 bits per heavy atom. The minimum Gasteiger partial charge on any atom is -0.386 e. The molecule has 0 spiro atoms. The van der Waals surface area contributed by atoms with Crippen LogP contribution < -0.4 is 5.32 Å². The molecule has 0 aromatic heterocycles. The summed E-state index contributed by atoms with van der Waals surface area (Å²) in [5.74, 6) is 0. The zero-order valence-electron chi connectivity index (χ0n) is 11.1. The fraction of sp³-hybridized carbons (Fsp3) is 0.250. The molecule has 21 heavy (non-hydrogen) atoms. The first kappa shape index (κ1) is 13.9. The average molecular weight is 293 g/mol. The molecule has 1 heterocycles. The van der Waals surface area contributed by atoms with Crippen molar-refractivity contribution < 1.29 is 18.3 Å². The minimum absolute atomic E-state index is 0.273. The number of aliphatic hydroxyl groups excluding tert-OH is 1. The number of aliphatic hydroxyl groups is 1. The quantitative estimate of drug-likeness (QED) is 0.883. The van der Waals surface area contributed by atoms with Crippen LogP contribution in [0.3, 0.4) is 0 Å². The van der Waals surface area contributed by atoms with Crippen LogP contribution in [-0.2, 0) is 12.6 Å². The van der Waals surface area contributed by atoms with Crippen molar-refractivity contribution in [2.24, 2.45) is 0 Å². The summed E-state index contributed by atoms with van der Waals surface area (Å²) in [6.45, 7) is 0. The maximum atomic E-state index is 12.7. The lowest BCUT2D eigenvalue weighted by Gasteiger charge is -2.20. The van der Waals surface area contributed by atoms with Crippen LogP contribution in [0, 0.1) is 0 Å². The lowest BCUT2D eigenvalue weighted by Crippen LogP contribution is -2.25. The number of anilines is 1. The van der Waals surface area contributed by atoms with Crippen LogP contribution in [0.1, 0.15) is 22.8 Å². The first-order valence-corrected chi connectivity index (χ1v) is 6.65. The van der Waals surface area contributed by atoms with Gasteiger partial charge in [-0.2, -0.15) is 13.2 Å². The molecule has 2 unspecified atom stereocenters. The van der Waals surface area contributed by atoms with Crippen LogP contribution in [0.25, 0.3) is 0 Å². The molecule has 110 valence electrons. The van der Waals surface area contributed by atoms with E-state index in [1.807, 2.05) is 24.3 Å². The molecule has 1 aliphatic rings. The summed E-state index contributed by atoms with van der Waals surface area (Å²) in [5.41, 5.74) is 1.52. The molecule has 2 aromatic carbocycles. The van der Waals surface area contributed by atoms with Crippen molar-refractivity contribution in [1.29, 1.82) is 0 Å². The van der Waals surface area contributed by atoms with Crippen molar-refractivity contribution in [2.75, 3.05) is 5.32 Å². The third-order valence-corrected chi connectivity index (χ3v) is 3.73. The Morgan fingerprint density at radius 1 is 1.10 bits per heavy atom. The molecule has 0 saturated carbocycles. The highest BCUT2D eigenvalue weighted by molar-refractivity contribution is 5.57. The zero-order valence-corrected chi connectivity index (χ0v) is 11.1. The Kier molecular flexibility index (Phi) is 3.37. The molecule has 0 radical (unpaired) electrons. The maximum absolute atomic E-state index is 12.7. The lowest BCUT2D eigenvalue weighted by atomic mass is 9.98. The van der Waals surface area contributed by atoms with Crippen molar-refractivity contribution in [3.05, 3.63) is 65.2 Å². The van der Waals surface area contributed by atoms with Gasteiger partial charge in [0.05, 0.1) is 17.7 Å². The molecule has 2 nitrogen and oxygen atoms in total. The van der Waals surface area contributed by atoms with E-state index >= 15 is 0 Å². The molecule has 2 aromatic rings. The van der Waals surface area contributed by atoms with Crippen LogP contribution in [0.5, 0.6) is 0 Å². The topological polar surface area (TPSA) is 32.3 Å². The zero-order chi connectivity index (χ0) is 15.0. The summed E-state index contributed by atoms with van der Waals surface area (Å²) in [5, 5.41) is 13.5. The van der Waals surface area contributed by atoms with Crippen molar-refractivity contribution in [3.63, 3.8) is 0 Å². The van der Waals surface area contributed by atoms with Gasteiger partial charge in [0.2, 0.25) is 0 Å². The Morgan fingerprint density at radius 2 is 1.86 bits per heavy atom. The summed E-state index contributed by atoms with van der Waals surface area (Å²) in [7, 11) is 0. The van der Waals surface area contributed by atoms with Gasteiger partial charge >= 0.3 is 6.18 Å². The van der Waals surface area contributed by atoms with Gasteiger partial charge in [-0.25, -0.2) is 0 Å². The fourth-order valence-electron chi connectivity index (χ4n) is 2.65. The van der Waals surface area contributed by atoms with Gasteiger partial charge in [-0.3, -0.25) is 0 Å². The molecule has 2 N–H and O–H groups in total. The van der Waals surface area contributed by atoms with Gasteiger partial charge in [0, 0.05) is 5.69 Å². The second-order valence-corrected chi connectivity index (χ2v) is 5.18. The van der Waals surface area contributed by atoms with E-state index in [-0.39, 0.29) is 11.6 Å². The van der Waals surface area contributed by atoms with E-state index in [4.69, 9.17) is 0 Å². The molecular formula is C16H14F3NO. The molecule has 5 heteroatoms. The second kappa shape index (κ2) is 5.07. The number of rotatable bonds is 2. The van der Waals surface area contributed by atoms with Gasteiger partial charge in [0.25, 0.3) is 0 Å². The highest BCUT2D eigenvalue weighted by Crippen LogP contribution is 2.34. The van der Waals surface area contributed by atoms with Crippen molar-refractivity contribution in [1.82, 2.24) is 0 Å². The number of benzene rings is 2. The number of halogens is 3. The Labute approximate surface area is 120 Å². The SMILES string of the molecule is OC(c1cccc(C(F)(F)F)c1)C1Cc2ccccc2N1. The summed E-state index contributed by atoms with van der Waals surface area (Å²) in [6, 6.07) is 12.2. The number of nitrogens with one attached hydrogen (secondary N) is 1. The average Bonchev–Trinajstić information content (AvgIpc) is 2.89. The number of fused-ring (bicyclic) bond motifs is 1. The molecular weight excluding hydrogens is 279 g/mol. The van der Waals surface area contributed by atoms with E-state index in [1.54, 1.807) is 0 Å². The predicted octanol–water partition coefficient (Wildman–Crippen LogP) is 3.78. The summed E-state index contributed by atoms with van der Waals surface area (Å²) < 4.78 is 38.2. The Balaban J connectivity index is 1.83. The van der Waals surface area contributed by atoms with Crippen LogP contribution in [0.4, 0.5) is 18.9 Å². The molecule has 2 atom stereocenters. The third-order valence-electron chi connectivity index (χ3n) is 3.73. The predicted molar refractivity (Wildman–Crippen MR) is 74.0 cm³/mol. The van der Waals surface area contributed by atoms with E-state index in [0.717, 1.165) is 23.4 Å². The number of hydrogen-bond acceptors (Lipinski definition) is 2. The van der Waals surface area contributed by atoms with Gasteiger partial charge in [-0.15, -0.1) is 0 Å². The number of para-hydroxylation sites is 1. The minimum atomic E-state index is -4.40. The first-order valence-electron chi connectivity index (χ1n) is 6.65. The van der Waals surface area contributed by atoms with E-state index in [1.165, 1.54) is 12.1 Å². The van der Waals surface area contributed by atoms with Gasteiger partial charge in [0.15, 0.2) is 0 Å². The van der Waals surface area contributed by atoms with Crippen molar-refractivity contribution in [2.45, 2.75) is 24.7 Å². The third kappa shape index (κ3) is 2.74. The van der Waals surface area contributed by atoms with E-state index in [9.17, 15) is 18.3 Å². The fourth-order valence-corrected chi connectivity index (χ4v) is 2.65. The standard InChI is InChI=1S/C16H14F3NO/c17-16(18,19)12-6-3-5-11(8-12)15(21)14-9-10-4-1-2-7-13(10)20-14/h1-8,14-15,20-21H,9H2. The first-order chi connectivity index (χ1) is 9.95. The summed E-state index contributed by atoms with van der Waals surface area (Å²) >= 11 is 0. The molecule has 0 bridgehead atoms. The van der Waals surface area contributed by atoms with Gasteiger partial charge in [-0.1, -0.05) is 30.3 Å². The molecule has 3 rings (SSSR count). The largest absolute Gasteiger partial charge is 0.416 e. The highest BCUT2D eigenvalue weighted by Gasteiger charge is 2.32. The monoisotopic (exact) mass is 293 g/mol. The Hall–Kier alpha value is -2.01. The van der Waals surface area contributed by atoms with Crippen LogP contribution in [-0.4, -0.2) is 11.1 Å². The second-order valence-electron chi connectivity index (χ2n) is 5.18.